The molecule has 36 heavy (non-hydrogen) atoms. The van der Waals surface area contributed by atoms with Gasteiger partial charge in [-0.2, -0.15) is 5.48 Å². The highest BCUT2D eigenvalue weighted by atomic mass is 17.5. The summed E-state index contributed by atoms with van der Waals surface area (Å²) < 4.78 is 0. The van der Waals surface area contributed by atoms with E-state index in [4.69, 9.17) is 14.9 Å². The number of fused-ring (bicyclic) bond motifs is 4. The molecule has 0 heterocycles. The second-order valence-corrected chi connectivity index (χ2v) is 15.0. The van der Waals surface area contributed by atoms with Crippen LogP contribution in [0.1, 0.15) is 113 Å². The predicted molar refractivity (Wildman–Crippen MR) is 142 cm³/mol. The zero-order valence-electron chi connectivity index (χ0n) is 24.3. The molecule has 206 valence electrons. The van der Waals surface area contributed by atoms with Crippen LogP contribution in [0, 0.1) is 50.7 Å². The Morgan fingerprint density at radius 2 is 1.75 bits per heavy atom. The zero-order chi connectivity index (χ0) is 26.1. The number of rotatable bonds is 7. The number of hydrogen-bond acceptors (Lipinski definition) is 5. The topological polar surface area (TPSA) is 60.0 Å². The largest absolute Gasteiger partial charge is 0.392 e. The third-order valence-electron chi connectivity index (χ3n) is 13.3. The molecule has 4 saturated carbocycles. The molecule has 0 saturated heterocycles. The quantitative estimate of drug-likeness (QED) is 0.167. The first-order valence-electron chi connectivity index (χ1n) is 14.9. The van der Waals surface area contributed by atoms with Crippen molar-refractivity contribution in [2.45, 2.75) is 125 Å². The van der Waals surface area contributed by atoms with E-state index in [0.717, 1.165) is 43.9 Å². The Balaban J connectivity index is 1.45. The lowest BCUT2D eigenvalue weighted by Crippen LogP contribution is -2.57. The molecular formula is C31H53NO4. The van der Waals surface area contributed by atoms with Gasteiger partial charge in [-0.1, -0.05) is 66.5 Å². The summed E-state index contributed by atoms with van der Waals surface area (Å²) in [6, 6.07) is 0. The number of allylic oxidation sites excluding steroid dienone is 1. The average molecular weight is 504 g/mol. The normalized spacial score (nSPS) is 51.1. The molecule has 4 fully saturated rings. The van der Waals surface area contributed by atoms with Gasteiger partial charge in [0.25, 0.3) is 0 Å². The molecule has 0 aromatic rings. The minimum atomic E-state index is -0.216. The molecule has 5 rings (SSSR count). The smallest absolute Gasteiger partial charge is 0.102 e. The van der Waals surface area contributed by atoms with Gasteiger partial charge < -0.3 is 5.11 Å². The van der Waals surface area contributed by atoms with Crippen LogP contribution in [0.3, 0.4) is 0 Å². The van der Waals surface area contributed by atoms with Crippen molar-refractivity contribution in [3.05, 3.63) is 11.6 Å². The molecule has 0 radical (unpaired) electrons. The molecule has 0 aromatic carbocycles. The van der Waals surface area contributed by atoms with Gasteiger partial charge in [0, 0.05) is 17.9 Å². The maximum absolute atomic E-state index is 11.3. The van der Waals surface area contributed by atoms with Gasteiger partial charge in [-0.15, -0.1) is 4.99 Å². The van der Waals surface area contributed by atoms with Gasteiger partial charge in [0.15, 0.2) is 0 Å². The summed E-state index contributed by atoms with van der Waals surface area (Å²) in [6.45, 7) is 17.5. The standard InChI is InChI=1S/C31H53NO4/c1-20(2)21(3)27(4)16-17-30(7)22-11-12-24(29(6)14-9-10-26(29)34-36-35-32-8)31(18-25(31)33)23(22)13-15-28(30,5)19-27/h13,20-22,24-26,32-33H,9-12,14-19H2,1-8H3/t21-,22?,24?,25?,26?,27+,28+,29+,30?,31?/m1/s1. The van der Waals surface area contributed by atoms with E-state index in [1.807, 2.05) is 0 Å². The Bertz CT molecular complexity index is 875. The van der Waals surface area contributed by atoms with Crippen LogP contribution in [0.15, 0.2) is 11.6 Å². The van der Waals surface area contributed by atoms with Crippen molar-refractivity contribution in [1.29, 1.82) is 0 Å². The summed E-state index contributed by atoms with van der Waals surface area (Å²) in [5.41, 5.74) is 5.12. The molecule has 0 aromatic heterocycles. The Hall–Kier alpha value is -0.460. The van der Waals surface area contributed by atoms with E-state index in [0.29, 0.717) is 28.1 Å². The van der Waals surface area contributed by atoms with Gasteiger partial charge in [-0.25, -0.2) is 4.89 Å². The summed E-state index contributed by atoms with van der Waals surface area (Å²) in [5.74, 6) is 2.49. The van der Waals surface area contributed by atoms with Crippen LogP contribution in [0.4, 0.5) is 0 Å². The van der Waals surface area contributed by atoms with E-state index >= 15 is 0 Å². The van der Waals surface area contributed by atoms with E-state index in [1.165, 1.54) is 32.1 Å². The number of hydroxylamine groups is 1. The fraction of sp³-hybridized carbons (Fsp3) is 0.935. The van der Waals surface area contributed by atoms with Crippen molar-refractivity contribution in [1.82, 2.24) is 5.48 Å². The monoisotopic (exact) mass is 503 g/mol. The van der Waals surface area contributed by atoms with Gasteiger partial charge >= 0.3 is 0 Å². The summed E-state index contributed by atoms with van der Waals surface area (Å²) in [6.07, 6.45) is 14.1. The Kier molecular flexibility index (Phi) is 6.81. The van der Waals surface area contributed by atoms with E-state index in [2.05, 4.69) is 60.0 Å². The van der Waals surface area contributed by atoms with Crippen molar-refractivity contribution in [2.75, 3.05) is 7.05 Å². The lowest BCUT2D eigenvalue weighted by molar-refractivity contribution is -0.551. The molecule has 2 N–H and O–H groups in total. The van der Waals surface area contributed by atoms with E-state index in [1.54, 1.807) is 12.6 Å². The zero-order valence-corrected chi connectivity index (χ0v) is 24.3. The molecule has 1 spiro atoms. The van der Waals surface area contributed by atoms with Crippen molar-refractivity contribution >= 4 is 0 Å². The maximum atomic E-state index is 11.3. The summed E-state index contributed by atoms with van der Waals surface area (Å²) in [4.78, 5) is 10.7. The molecule has 10 atom stereocenters. The van der Waals surface area contributed by atoms with Crippen molar-refractivity contribution < 1.29 is 20.0 Å². The van der Waals surface area contributed by atoms with E-state index in [9.17, 15) is 5.11 Å². The minimum absolute atomic E-state index is 0.00460. The van der Waals surface area contributed by atoms with Crippen LogP contribution in [0.5, 0.6) is 0 Å². The third-order valence-corrected chi connectivity index (χ3v) is 13.3. The first-order valence-corrected chi connectivity index (χ1v) is 14.9. The summed E-state index contributed by atoms with van der Waals surface area (Å²) in [7, 11) is 1.66. The summed E-state index contributed by atoms with van der Waals surface area (Å²) >= 11 is 0. The molecule has 0 amide bonds. The van der Waals surface area contributed by atoms with Crippen LogP contribution < -0.4 is 5.48 Å². The Morgan fingerprint density at radius 1 is 1.03 bits per heavy atom. The lowest BCUT2D eigenvalue weighted by atomic mass is 9.39. The lowest BCUT2D eigenvalue weighted by Gasteiger charge is -2.65. The predicted octanol–water partition coefficient (Wildman–Crippen LogP) is 7.16. The third kappa shape index (κ3) is 3.73. The maximum Gasteiger partial charge on any atom is 0.102 e. The van der Waals surface area contributed by atoms with Gasteiger partial charge in [-0.3, -0.25) is 0 Å². The van der Waals surface area contributed by atoms with Gasteiger partial charge in [0.1, 0.15) is 6.10 Å². The molecule has 0 bridgehead atoms. The van der Waals surface area contributed by atoms with Crippen molar-refractivity contribution in [3.8, 4) is 0 Å². The number of aliphatic hydroxyl groups excluding tert-OH is 1. The number of hydrogen-bond donors (Lipinski definition) is 2. The van der Waals surface area contributed by atoms with Crippen LogP contribution in [0.25, 0.3) is 0 Å². The second kappa shape index (κ2) is 9.05. The van der Waals surface area contributed by atoms with Gasteiger partial charge in [0.2, 0.25) is 0 Å². The molecule has 6 unspecified atom stereocenters. The fourth-order valence-electron chi connectivity index (χ4n) is 10.4. The van der Waals surface area contributed by atoms with Crippen LogP contribution >= 0.6 is 0 Å². The van der Waals surface area contributed by atoms with Gasteiger partial charge in [0.05, 0.1) is 6.10 Å². The highest BCUT2D eigenvalue weighted by Crippen LogP contribution is 2.76. The molecule has 0 aliphatic heterocycles. The molecule has 5 heteroatoms. The first kappa shape index (κ1) is 27.1. The fourth-order valence-corrected chi connectivity index (χ4v) is 10.4. The first-order chi connectivity index (χ1) is 16.9. The van der Waals surface area contributed by atoms with E-state index < -0.39 is 0 Å². The summed E-state index contributed by atoms with van der Waals surface area (Å²) in [5, 5.41) is 16.4. The number of nitrogens with one attached hydrogen (secondary N) is 1. The number of aliphatic hydroxyl groups is 1. The van der Waals surface area contributed by atoms with Crippen molar-refractivity contribution in [3.63, 3.8) is 0 Å². The Morgan fingerprint density at radius 3 is 2.39 bits per heavy atom. The molecule has 5 aliphatic carbocycles. The average Bonchev–Trinajstić information content (AvgIpc) is 3.32. The highest BCUT2D eigenvalue weighted by Gasteiger charge is 2.72. The molecular weight excluding hydrogens is 450 g/mol. The van der Waals surface area contributed by atoms with Crippen LogP contribution in [-0.4, -0.2) is 24.4 Å². The SMILES string of the molecule is CNOOOC1CCC[C@@]1(C)C1CCC2C(=CC[C@@]3(C)C[C@@](C)([C@H](C)C(C)C)CCC23C)C12CC2O. The van der Waals surface area contributed by atoms with Gasteiger partial charge in [-0.05, 0) is 103 Å². The van der Waals surface area contributed by atoms with Crippen LogP contribution in [0.2, 0.25) is 0 Å². The molecule has 5 aliphatic rings. The minimum Gasteiger partial charge on any atom is -0.392 e. The second-order valence-electron chi connectivity index (χ2n) is 15.0. The molecule has 5 nitrogen and oxygen atoms in total. The highest BCUT2D eigenvalue weighted by molar-refractivity contribution is 5.39. The van der Waals surface area contributed by atoms with E-state index in [-0.39, 0.29) is 23.0 Å². The van der Waals surface area contributed by atoms with Crippen molar-refractivity contribution in [2.24, 2.45) is 50.7 Å². The Labute approximate surface area is 219 Å². The van der Waals surface area contributed by atoms with Crippen LogP contribution in [-0.2, 0) is 14.9 Å².